The smallest absolute Gasteiger partial charge is 0.250 e. The van der Waals surface area contributed by atoms with Crippen LogP contribution in [0.3, 0.4) is 0 Å². The van der Waals surface area contributed by atoms with Crippen LogP contribution in [0.15, 0.2) is 35.6 Å². The molecule has 0 radical (unpaired) electrons. The fourth-order valence-electron chi connectivity index (χ4n) is 3.88. The molecule has 5 rings (SSSR count). The second-order valence-electron chi connectivity index (χ2n) is 7.31. The number of rotatable bonds is 5. The molecule has 0 aliphatic carbocycles. The predicted molar refractivity (Wildman–Crippen MR) is 112 cm³/mol. The minimum Gasteiger partial charge on any atom is -0.361 e. The van der Waals surface area contributed by atoms with E-state index in [9.17, 15) is 0 Å². The van der Waals surface area contributed by atoms with Gasteiger partial charge < -0.3 is 14.8 Å². The van der Waals surface area contributed by atoms with Crippen molar-refractivity contribution in [3.63, 3.8) is 0 Å². The van der Waals surface area contributed by atoms with Crippen molar-refractivity contribution in [2.24, 2.45) is 5.10 Å². The highest BCUT2D eigenvalue weighted by Crippen LogP contribution is 2.23. The molecule has 28 heavy (non-hydrogen) atoms. The maximum Gasteiger partial charge on any atom is 0.250 e. The number of nitrogens with zero attached hydrogens (tertiary/aromatic N) is 6. The number of aromatic nitrogens is 4. The van der Waals surface area contributed by atoms with E-state index in [1.54, 1.807) is 6.21 Å². The Morgan fingerprint density at radius 2 is 1.54 bits per heavy atom. The number of hydrogen-bond acceptors (Lipinski definition) is 7. The van der Waals surface area contributed by atoms with Crippen LogP contribution in [0.2, 0.25) is 0 Å². The highest BCUT2D eigenvalue weighted by atomic mass is 15.4. The van der Waals surface area contributed by atoms with Gasteiger partial charge in [-0.1, -0.05) is 18.2 Å². The Labute approximate surface area is 163 Å². The van der Waals surface area contributed by atoms with Gasteiger partial charge in [-0.25, -0.2) is 5.43 Å². The lowest BCUT2D eigenvalue weighted by molar-refractivity contribution is 0.838. The minimum absolute atomic E-state index is 0.495. The Hall–Kier alpha value is -3.16. The van der Waals surface area contributed by atoms with Gasteiger partial charge in [-0.15, -0.1) is 0 Å². The number of hydrazone groups is 1. The summed E-state index contributed by atoms with van der Waals surface area (Å²) in [4.78, 5) is 21.7. The lowest BCUT2D eigenvalue weighted by atomic mass is 10.2. The standard InChI is InChI=1S/C20H24N8/c1-2-8-17-16(7-1)15(13-21-17)14-22-26-18-23-19(27-9-3-4-10-27)25-20(24-18)28-11-5-6-12-28/h1-2,7-8,13-14,21H,3-6,9-12H2,(H,23,24,25,26)/b22-14-. The van der Waals surface area contributed by atoms with Crippen LogP contribution in [0.25, 0.3) is 10.9 Å². The predicted octanol–water partition coefficient (Wildman–Crippen LogP) is 3.00. The average molecular weight is 376 g/mol. The third-order valence-corrected chi connectivity index (χ3v) is 5.38. The summed E-state index contributed by atoms with van der Waals surface area (Å²) >= 11 is 0. The molecule has 4 heterocycles. The number of nitrogens with one attached hydrogen (secondary N) is 2. The maximum atomic E-state index is 4.73. The van der Waals surface area contributed by atoms with E-state index in [4.69, 9.17) is 4.98 Å². The molecule has 3 aromatic rings. The molecule has 0 spiro atoms. The summed E-state index contributed by atoms with van der Waals surface area (Å²) < 4.78 is 0. The molecule has 2 aliphatic heterocycles. The Morgan fingerprint density at radius 3 is 2.21 bits per heavy atom. The van der Waals surface area contributed by atoms with E-state index in [0.717, 1.165) is 54.5 Å². The van der Waals surface area contributed by atoms with Crippen LogP contribution in [0.5, 0.6) is 0 Å². The van der Waals surface area contributed by atoms with Gasteiger partial charge in [0.1, 0.15) is 0 Å². The van der Waals surface area contributed by atoms with Crippen LogP contribution in [-0.2, 0) is 0 Å². The van der Waals surface area contributed by atoms with E-state index in [-0.39, 0.29) is 0 Å². The molecule has 144 valence electrons. The van der Waals surface area contributed by atoms with Crippen LogP contribution in [0, 0.1) is 0 Å². The van der Waals surface area contributed by atoms with E-state index in [1.165, 1.54) is 25.7 Å². The molecule has 0 unspecified atom stereocenters. The van der Waals surface area contributed by atoms with Crippen LogP contribution in [-0.4, -0.2) is 52.3 Å². The third kappa shape index (κ3) is 3.37. The largest absolute Gasteiger partial charge is 0.361 e. The quantitative estimate of drug-likeness (QED) is 0.526. The molecular formula is C20H24N8. The zero-order chi connectivity index (χ0) is 18.8. The van der Waals surface area contributed by atoms with E-state index >= 15 is 0 Å². The first kappa shape index (κ1) is 17.0. The summed E-state index contributed by atoms with van der Waals surface area (Å²) in [5.74, 6) is 1.99. The third-order valence-electron chi connectivity index (χ3n) is 5.38. The first-order valence-corrected chi connectivity index (χ1v) is 9.98. The molecule has 0 atom stereocenters. The van der Waals surface area contributed by atoms with Gasteiger partial charge in [0, 0.05) is 48.8 Å². The average Bonchev–Trinajstić information content (AvgIpc) is 3.49. The molecule has 2 N–H and O–H groups in total. The normalized spacial score (nSPS) is 17.3. The van der Waals surface area contributed by atoms with Crippen LogP contribution in [0.1, 0.15) is 31.2 Å². The molecular weight excluding hydrogens is 352 g/mol. The van der Waals surface area contributed by atoms with E-state index in [2.05, 4.69) is 47.4 Å². The zero-order valence-electron chi connectivity index (χ0n) is 15.8. The molecule has 2 aliphatic rings. The Kier molecular flexibility index (Phi) is 4.52. The number of anilines is 3. The fourth-order valence-corrected chi connectivity index (χ4v) is 3.88. The second-order valence-corrected chi connectivity index (χ2v) is 7.31. The van der Waals surface area contributed by atoms with Gasteiger partial charge in [0.2, 0.25) is 17.8 Å². The number of benzene rings is 1. The van der Waals surface area contributed by atoms with Crippen molar-refractivity contribution in [2.45, 2.75) is 25.7 Å². The number of H-pyrrole nitrogens is 1. The SMILES string of the molecule is C(=N/Nc1nc(N2CCCC2)nc(N2CCCC2)n1)/c1c[nH]c2ccccc12. The van der Waals surface area contributed by atoms with Crippen molar-refractivity contribution in [3.8, 4) is 0 Å². The number of fused-ring (bicyclic) bond motifs is 1. The highest BCUT2D eigenvalue weighted by Gasteiger charge is 2.21. The molecule has 8 heteroatoms. The van der Waals surface area contributed by atoms with Crippen LogP contribution >= 0.6 is 0 Å². The van der Waals surface area contributed by atoms with Crippen LogP contribution < -0.4 is 15.2 Å². The van der Waals surface area contributed by atoms with Crippen molar-refractivity contribution in [1.29, 1.82) is 0 Å². The first-order valence-electron chi connectivity index (χ1n) is 9.98. The molecule has 2 fully saturated rings. The van der Waals surface area contributed by atoms with Crippen molar-refractivity contribution in [1.82, 2.24) is 19.9 Å². The lowest BCUT2D eigenvalue weighted by Gasteiger charge is -2.20. The van der Waals surface area contributed by atoms with Gasteiger partial charge in [-0.3, -0.25) is 0 Å². The number of hydrogen-bond donors (Lipinski definition) is 2. The monoisotopic (exact) mass is 376 g/mol. The van der Waals surface area contributed by atoms with E-state index in [1.807, 2.05) is 18.3 Å². The summed E-state index contributed by atoms with van der Waals surface area (Å²) in [6, 6.07) is 8.17. The highest BCUT2D eigenvalue weighted by molar-refractivity contribution is 5.99. The summed E-state index contributed by atoms with van der Waals surface area (Å²) in [5.41, 5.74) is 5.13. The van der Waals surface area contributed by atoms with Gasteiger partial charge in [-0.2, -0.15) is 20.1 Å². The Morgan fingerprint density at radius 1 is 0.893 bits per heavy atom. The van der Waals surface area contributed by atoms with Gasteiger partial charge in [0.25, 0.3) is 0 Å². The van der Waals surface area contributed by atoms with Crippen molar-refractivity contribution in [2.75, 3.05) is 41.4 Å². The molecule has 2 aromatic heterocycles. The zero-order valence-corrected chi connectivity index (χ0v) is 15.8. The topological polar surface area (TPSA) is 85.3 Å². The molecule has 8 nitrogen and oxygen atoms in total. The van der Waals surface area contributed by atoms with Gasteiger partial charge >= 0.3 is 0 Å². The Bertz CT molecular complexity index is 949. The van der Waals surface area contributed by atoms with Gasteiger partial charge in [-0.05, 0) is 31.7 Å². The van der Waals surface area contributed by atoms with Crippen molar-refractivity contribution < 1.29 is 0 Å². The lowest BCUT2D eigenvalue weighted by Crippen LogP contribution is -2.25. The van der Waals surface area contributed by atoms with E-state index in [0.29, 0.717) is 5.95 Å². The van der Waals surface area contributed by atoms with Crippen LogP contribution in [0.4, 0.5) is 17.8 Å². The first-order chi connectivity index (χ1) is 13.9. The Balaban J connectivity index is 1.40. The summed E-state index contributed by atoms with van der Waals surface area (Å²) in [5, 5.41) is 5.52. The minimum atomic E-state index is 0.495. The molecule has 0 amide bonds. The number of para-hydroxylation sites is 1. The summed E-state index contributed by atoms with van der Waals surface area (Å²) in [7, 11) is 0. The van der Waals surface area contributed by atoms with Crippen molar-refractivity contribution >= 4 is 35.0 Å². The van der Waals surface area contributed by atoms with Crippen molar-refractivity contribution in [3.05, 3.63) is 36.0 Å². The summed E-state index contributed by atoms with van der Waals surface area (Å²) in [6.45, 7) is 4.01. The molecule has 0 saturated carbocycles. The molecule has 2 saturated heterocycles. The van der Waals surface area contributed by atoms with Gasteiger partial charge in [0.05, 0.1) is 6.21 Å². The van der Waals surface area contributed by atoms with Gasteiger partial charge in [0.15, 0.2) is 0 Å². The maximum absolute atomic E-state index is 4.73. The van der Waals surface area contributed by atoms with E-state index < -0.39 is 0 Å². The number of aromatic amines is 1. The summed E-state index contributed by atoms with van der Waals surface area (Å²) in [6.07, 6.45) is 8.50. The molecule has 1 aromatic carbocycles. The molecule has 0 bridgehead atoms. The fraction of sp³-hybridized carbons (Fsp3) is 0.400. The second kappa shape index (κ2) is 7.46.